The lowest BCUT2D eigenvalue weighted by Crippen LogP contribution is -2.11. The molecular weight excluding hydrogens is 166 g/mol. The van der Waals surface area contributed by atoms with Crippen molar-refractivity contribution in [3.8, 4) is 5.75 Å². The quantitative estimate of drug-likeness (QED) is 0.640. The summed E-state index contributed by atoms with van der Waals surface area (Å²) >= 11 is 0. The Hall–Kier alpha value is -1.51. The van der Waals surface area contributed by atoms with Gasteiger partial charge in [-0.1, -0.05) is 0 Å². The van der Waals surface area contributed by atoms with Crippen LogP contribution >= 0.6 is 0 Å². The van der Waals surface area contributed by atoms with Gasteiger partial charge in [-0.2, -0.15) is 0 Å². The zero-order valence-corrected chi connectivity index (χ0v) is 7.21. The van der Waals surface area contributed by atoms with Crippen LogP contribution in [0.4, 0.5) is 5.69 Å². The number of hydrogen-bond donors (Lipinski definition) is 2. The smallest absolute Gasteiger partial charge is 0.153 e. The van der Waals surface area contributed by atoms with Crippen molar-refractivity contribution < 1.29 is 9.90 Å². The Morgan fingerprint density at radius 1 is 1.46 bits per heavy atom. The van der Waals surface area contributed by atoms with E-state index in [-0.39, 0.29) is 5.75 Å². The Labute approximate surface area is 76.4 Å². The molecule has 1 aliphatic rings. The van der Waals surface area contributed by atoms with E-state index in [9.17, 15) is 9.90 Å². The molecule has 0 bridgehead atoms. The SMILES string of the molecule is O=Cc1cc2c(cc1O)NCCC2. The number of aldehydes is 1. The van der Waals surface area contributed by atoms with Crippen molar-refractivity contribution >= 4 is 12.0 Å². The van der Waals surface area contributed by atoms with E-state index in [1.54, 1.807) is 12.1 Å². The van der Waals surface area contributed by atoms with Crippen molar-refractivity contribution in [1.82, 2.24) is 0 Å². The minimum atomic E-state index is 0.0585. The average molecular weight is 177 g/mol. The molecule has 3 heteroatoms. The van der Waals surface area contributed by atoms with Crippen molar-refractivity contribution in [1.29, 1.82) is 0 Å². The fourth-order valence-electron chi connectivity index (χ4n) is 1.62. The summed E-state index contributed by atoms with van der Waals surface area (Å²) in [7, 11) is 0. The molecule has 0 aliphatic carbocycles. The number of aromatic hydroxyl groups is 1. The van der Waals surface area contributed by atoms with E-state index in [4.69, 9.17) is 0 Å². The molecule has 0 unspecified atom stereocenters. The number of phenols is 1. The van der Waals surface area contributed by atoms with Gasteiger partial charge >= 0.3 is 0 Å². The van der Waals surface area contributed by atoms with Gasteiger partial charge in [0.2, 0.25) is 0 Å². The van der Waals surface area contributed by atoms with E-state index in [1.807, 2.05) is 0 Å². The van der Waals surface area contributed by atoms with Crippen molar-refractivity contribution in [2.24, 2.45) is 0 Å². The zero-order valence-electron chi connectivity index (χ0n) is 7.21. The standard InChI is InChI=1S/C10H11NO2/c12-6-8-4-7-2-1-3-11-9(7)5-10(8)13/h4-6,11,13H,1-3H2. The second-order valence-corrected chi connectivity index (χ2v) is 3.22. The van der Waals surface area contributed by atoms with Crippen LogP contribution in [0.25, 0.3) is 0 Å². The summed E-state index contributed by atoms with van der Waals surface area (Å²) in [6, 6.07) is 3.38. The first-order valence-electron chi connectivity index (χ1n) is 4.36. The van der Waals surface area contributed by atoms with Crippen molar-refractivity contribution in [2.75, 3.05) is 11.9 Å². The highest BCUT2D eigenvalue weighted by molar-refractivity contribution is 5.81. The molecule has 0 radical (unpaired) electrons. The molecule has 68 valence electrons. The molecule has 0 saturated carbocycles. The molecule has 0 spiro atoms. The largest absolute Gasteiger partial charge is 0.507 e. The summed E-state index contributed by atoms with van der Waals surface area (Å²) in [5, 5.41) is 12.6. The Bertz CT molecular complexity index is 347. The second-order valence-electron chi connectivity index (χ2n) is 3.22. The minimum Gasteiger partial charge on any atom is -0.507 e. The average Bonchev–Trinajstić information content (AvgIpc) is 2.17. The molecule has 1 aromatic rings. The number of carbonyl (C=O) groups is 1. The fraction of sp³-hybridized carbons (Fsp3) is 0.300. The number of aryl methyl sites for hydroxylation is 1. The Morgan fingerprint density at radius 2 is 2.31 bits per heavy atom. The van der Waals surface area contributed by atoms with E-state index < -0.39 is 0 Å². The van der Waals surface area contributed by atoms with Gasteiger partial charge in [-0.25, -0.2) is 0 Å². The van der Waals surface area contributed by atoms with Crippen molar-refractivity contribution in [3.63, 3.8) is 0 Å². The zero-order chi connectivity index (χ0) is 9.26. The molecule has 0 amide bonds. The number of nitrogens with one attached hydrogen (secondary N) is 1. The molecule has 1 aliphatic heterocycles. The molecule has 0 saturated heterocycles. The molecule has 0 atom stereocenters. The highest BCUT2D eigenvalue weighted by Crippen LogP contribution is 2.28. The van der Waals surface area contributed by atoms with Crippen molar-refractivity contribution in [3.05, 3.63) is 23.3 Å². The van der Waals surface area contributed by atoms with Crippen LogP contribution in [-0.2, 0) is 6.42 Å². The highest BCUT2D eigenvalue weighted by atomic mass is 16.3. The molecule has 0 fully saturated rings. The van der Waals surface area contributed by atoms with Gasteiger partial charge in [-0.3, -0.25) is 4.79 Å². The summed E-state index contributed by atoms with van der Waals surface area (Å²) in [6.45, 7) is 0.937. The van der Waals surface area contributed by atoms with Crippen LogP contribution in [0.15, 0.2) is 12.1 Å². The maximum atomic E-state index is 10.5. The van der Waals surface area contributed by atoms with Gasteiger partial charge in [0.05, 0.1) is 5.56 Å². The number of anilines is 1. The number of carbonyl (C=O) groups excluding carboxylic acids is 1. The predicted octanol–water partition coefficient (Wildman–Crippen LogP) is 1.56. The fourth-order valence-corrected chi connectivity index (χ4v) is 1.62. The number of hydrogen-bond acceptors (Lipinski definition) is 3. The van der Waals surface area contributed by atoms with Gasteiger partial charge in [0.1, 0.15) is 5.75 Å². The first-order chi connectivity index (χ1) is 6.31. The van der Waals surface area contributed by atoms with Crippen LogP contribution in [0, 0.1) is 0 Å². The number of benzene rings is 1. The summed E-state index contributed by atoms with van der Waals surface area (Å²) in [4.78, 5) is 10.5. The Balaban J connectivity index is 2.50. The monoisotopic (exact) mass is 177 g/mol. The predicted molar refractivity (Wildman–Crippen MR) is 50.3 cm³/mol. The molecule has 3 nitrogen and oxygen atoms in total. The third kappa shape index (κ3) is 1.37. The van der Waals surface area contributed by atoms with Crippen LogP contribution in [-0.4, -0.2) is 17.9 Å². The van der Waals surface area contributed by atoms with E-state index in [0.717, 1.165) is 30.6 Å². The van der Waals surface area contributed by atoms with Gasteiger partial charge < -0.3 is 10.4 Å². The van der Waals surface area contributed by atoms with Gasteiger partial charge in [0.15, 0.2) is 6.29 Å². The maximum Gasteiger partial charge on any atom is 0.153 e. The van der Waals surface area contributed by atoms with E-state index in [2.05, 4.69) is 5.32 Å². The molecule has 2 N–H and O–H groups in total. The number of rotatable bonds is 1. The van der Waals surface area contributed by atoms with E-state index in [0.29, 0.717) is 11.8 Å². The lowest BCUT2D eigenvalue weighted by Gasteiger charge is -2.18. The molecule has 1 heterocycles. The van der Waals surface area contributed by atoms with Crippen LogP contribution < -0.4 is 5.32 Å². The maximum absolute atomic E-state index is 10.5. The molecule has 13 heavy (non-hydrogen) atoms. The van der Waals surface area contributed by atoms with Gasteiger partial charge in [0, 0.05) is 18.3 Å². The van der Waals surface area contributed by atoms with E-state index in [1.165, 1.54) is 0 Å². The van der Waals surface area contributed by atoms with E-state index >= 15 is 0 Å². The topological polar surface area (TPSA) is 49.3 Å². The summed E-state index contributed by atoms with van der Waals surface area (Å²) < 4.78 is 0. The lowest BCUT2D eigenvalue weighted by molar-refractivity contribution is 0.112. The second kappa shape index (κ2) is 3.09. The number of fused-ring (bicyclic) bond motifs is 1. The van der Waals surface area contributed by atoms with Crippen LogP contribution in [0.5, 0.6) is 5.75 Å². The first-order valence-corrected chi connectivity index (χ1v) is 4.36. The summed E-state index contributed by atoms with van der Waals surface area (Å²) in [6.07, 6.45) is 2.74. The van der Waals surface area contributed by atoms with Gasteiger partial charge in [-0.05, 0) is 24.5 Å². The van der Waals surface area contributed by atoms with Crippen LogP contribution in [0.3, 0.4) is 0 Å². The Morgan fingerprint density at radius 3 is 3.08 bits per heavy atom. The number of phenolic OH excluding ortho intramolecular Hbond substituents is 1. The molecule has 0 aromatic heterocycles. The highest BCUT2D eigenvalue weighted by Gasteiger charge is 2.11. The molecule has 2 rings (SSSR count). The minimum absolute atomic E-state index is 0.0585. The van der Waals surface area contributed by atoms with Crippen LogP contribution in [0.1, 0.15) is 22.3 Å². The third-order valence-corrected chi connectivity index (χ3v) is 2.32. The Kier molecular flexibility index (Phi) is 1.93. The lowest BCUT2D eigenvalue weighted by atomic mass is 10.0. The van der Waals surface area contributed by atoms with Gasteiger partial charge in [-0.15, -0.1) is 0 Å². The first kappa shape index (κ1) is 8.10. The third-order valence-electron chi connectivity index (χ3n) is 2.32. The summed E-state index contributed by atoms with van der Waals surface area (Å²) in [5.74, 6) is 0.0585. The van der Waals surface area contributed by atoms with Crippen LogP contribution in [0.2, 0.25) is 0 Å². The van der Waals surface area contributed by atoms with Gasteiger partial charge in [0.25, 0.3) is 0 Å². The molecule has 1 aromatic carbocycles. The summed E-state index contributed by atoms with van der Waals surface area (Å²) in [5.41, 5.74) is 2.45. The van der Waals surface area contributed by atoms with Crippen molar-refractivity contribution in [2.45, 2.75) is 12.8 Å². The normalized spacial score (nSPS) is 14.5. The molecular formula is C10H11NO2.